The summed E-state index contributed by atoms with van der Waals surface area (Å²) >= 11 is 0. The van der Waals surface area contributed by atoms with Crippen LogP contribution in [-0.2, 0) is 4.74 Å². The lowest BCUT2D eigenvalue weighted by Crippen LogP contribution is -2.62. The van der Waals surface area contributed by atoms with Crippen LogP contribution in [0.5, 0.6) is 0 Å². The molecular weight excluding hydrogens is 280 g/mol. The maximum absolute atomic E-state index is 12.3. The molecule has 2 fully saturated rings. The van der Waals surface area contributed by atoms with E-state index in [2.05, 4.69) is 0 Å². The van der Waals surface area contributed by atoms with E-state index in [-0.39, 0.29) is 12.1 Å². The molecule has 128 valence electrons. The summed E-state index contributed by atoms with van der Waals surface area (Å²) in [5, 5.41) is 11.0. The van der Waals surface area contributed by atoms with Crippen molar-refractivity contribution in [3.63, 3.8) is 0 Å². The van der Waals surface area contributed by atoms with E-state index in [0.717, 1.165) is 19.3 Å². The number of hydrogen-bond acceptors (Lipinski definition) is 4. The van der Waals surface area contributed by atoms with E-state index < -0.39 is 11.2 Å². The number of hydrogen-bond donors (Lipinski definition) is 2. The smallest absolute Gasteiger partial charge is 0.410 e. The Balaban J connectivity index is 1.99. The maximum atomic E-state index is 12.3. The van der Waals surface area contributed by atoms with Gasteiger partial charge >= 0.3 is 6.09 Å². The van der Waals surface area contributed by atoms with Crippen molar-refractivity contribution in [2.24, 2.45) is 11.7 Å². The molecule has 0 aromatic heterocycles. The molecule has 1 saturated carbocycles. The number of nitrogens with zero attached hydrogens (tertiary/aromatic N) is 1. The van der Waals surface area contributed by atoms with Crippen LogP contribution in [0.4, 0.5) is 4.79 Å². The van der Waals surface area contributed by atoms with Crippen LogP contribution < -0.4 is 5.73 Å². The number of ether oxygens (including phenoxy) is 1. The number of carbonyl (C=O) groups is 1. The van der Waals surface area contributed by atoms with Gasteiger partial charge in [-0.15, -0.1) is 0 Å². The summed E-state index contributed by atoms with van der Waals surface area (Å²) in [6.07, 6.45) is 6.95. The zero-order valence-electron chi connectivity index (χ0n) is 14.3. The standard InChI is InChI=1S/C17H32N2O3/c1-16(2,3)22-15(20)19-11-7-10-17(21,12-19)14(18)13-8-5-4-6-9-13/h13-14,21H,4-12,18H2,1-3H3. The number of β-amino-alcohol motifs (C(OH)–C–C–N with tert-alkyl or cyclic N) is 1. The first-order valence-electron chi connectivity index (χ1n) is 8.67. The zero-order chi connectivity index (χ0) is 16.4. The van der Waals surface area contributed by atoms with Crippen LogP contribution in [0.25, 0.3) is 0 Å². The van der Waals surface area contributed by atoms with E-state index in [0.29, 0.717) is 25.4 Å². The minimum Gasteiger partial charge on any atom is -0.444 e. The molecule has 5 heteroatoms. The first kappa shape index (κ1) is 17.5. The van der Waals surface area contributed by atoms with Gasteiger partial charge in [0.25, 0.3) is 0 Å². The van der Waals surface area contributed by atoms with E-state index in [1.165, 1.54) is 19.3 Å². The van der Waals surface area contributed by atoms with Gasteiger partial charge in [0.15, 0.2) is 0 Å². The van der Waals surface area contributed by atoms with Crippen molar-refractivity contribution in [1.82, 2.24) is 4.90 Å². The van der Waals surface area contributed by atoms with Gasteiger partial charge in [-0.2, -0.15) is 0 Å². The molecule has 1 amide bonds. The third-order valence-corrected chi connectivity index (χ3v) is 4.93. The second-order valence-corrected chi connectivity index (χ2v) is 8.03. The van der Waals surface area contributed by atoms with Crippen LogP contribution in [0, 0.1) is 5.92 Å². The lowest BCUT2D eigenvalue weighted by atomic mass is 9.74. The summed E-state index contributed by atoms with van der Waals surface area (Å²) < 4.78 is 5.43. The fourth-order valence-electron chi connectivity index (χ4n) is 3.75. The Bertz CT molecular complexity index is 388. The molecule has 0 aromatic carbocycles. The predicted octanol–water partition coefficient (Wildman–Crippen LogP) is 2.66. The van der Waals surface area contributed by atoms with Crippen molar-refractivity contribution in [3.8, 4) is 0 Å². The van der Waals surface area contributed by atoms with Gasteiger partial charge in [-0.3, -0.25) is 0 Å². The summed E-state index contributed by atoms with van der Waals surface area (Å²) in [5.41, 5.74) is 4.93. The van der Waals surface area contributed by atoms with Crippen LogP contribution in [-0.4, -0.2) is 46.4 Å². The normalized spacial score (nSPS) is 29.2. The molecule has 0 bridgehead atoms. The number of rotatable bonds is 2. The SMILES string of the molecule is CC(C)(C)OC(=O)N1CCCC(O)(C(N)C2CCCCC2)C1. The highest BCUT2D eigenvalue weighted by Gasteiger charge is 2.44. The second-order valence-electron chi connectivity index (χ2n) is 8.03. The number of amides is 1. The van der Waals surface area contributed by atoms with Crippen molar-refractivity contribution in [2.75, 3.05) is 13.1 Å². The monoisotopic (exact) mass is 312 g/mol. The van der Waals surface area contributed by atoms with Gasteiger partial charge < -0.3 is 20.5 Å². The average molecular weight is 312 g/mol. The predicted molar refractivity (Wildman–Crippen MR) is 86.5 cm³/mol. The number of nitrogens with two attached hydrogens (primary N) is 1. The summed E-state index contributed by atoms with van der Waals surface area (Å²) in [5.74, 6) is 0.373. The summed E-state index contributed by atoms with van der Waals surface area (Å²) in [7, 11) is 0. The van der Waals surface area contributed by atoms with Gasteiger partial charge in [0, 0.05) is 12.6 Å². The molecule has 2 atom stereocenters. The average Bonchev–Trinajstić information content (AvgIpc) is 2.45. The van der Waals surface area contributed by atoms with Crippen LogP contribution >= 0.6 is 0 Å². The van der Waals surface area contributed by atoms with E-state index in [9.17, 15) is 9.90 Å². The van der Waals surface area contributed by atoms with Crippen LogP contribution in [0.1, 0.15) is 65.7 Å². The van der Waals surface area contributed by atoms with E-state index in [1.54, 1.807) is 4.90 Å². The zero-order valence-corrected chi connectivity index (χ0v) is 14.3. The van der Waals surface area contributed by atoms with E-state index in [4.69, 9.17) is 10.5 Å². The van der Waals surface area contributed by atoms with Crippen molar-refractivity contribution in [2.45, 2.75) is 83.0 Å². The highest BCUT2D eigenvalue weighted by Crippen LogP contribution is 2.34. The Morgan fingerprint density at radius 3 is 2.50 bits per heavy atom. The Morgan fingerprint density at radius 1 is 1.27 bits per heavy atom. The quantitative estimate of drug-likeness (QED) is 0.822. The molecule has 1 saturated heterocycles. The number of carbonyl (C=O) groups excluding carboxylic acids is 1. The molecule has 0 radical (unpaired) electrons. The topological polar surface area (TPSA) is 75.8 Å². The Kier molecular flexibility index (Phi) is 5.38. The van der Waals surface area contributed by atoms with Crippen LogP contribution in [0.15, 0.2) is 0 Å². The second kappa shape index (κ2) is 6.75. The summed E-state index contributed by atoms with van der Waals surface area (Å²) in [6, 6.07) is -0.252. The fourth-order valence-corrected chi connectivity index (χ4v) is 3.75. The fraction of sp³-hybridized carbons (Fsp3) is 0.941. The van der Waals surface area contributed by atoms with Crippen LogP contribution in [0.2, 0.25) is 0 Å². The minimum atomic E-state index is -0.975. The molecule has 2 rings (SSSR count). The molecular formula is C17H32N2O3. The number of aliphatic hydroxyl groups is 1. The third kappa shape index (κ3) is 4.35. The third-order valence-electron chi connectivity index (χ3n) is 4.93. The van der Waals surface area contributed by atoms with Crippen LogP contribution in [0.3, 0.4) is 0 Å². The molecule has 2 aliphatic rings. The molecule has 0 aromatic rings. The van der Waals surface area contributed by atoms with Gasteiger partial charge in [-0.25, -0.2) is 4.79 Å². The van der Waals surface area contributed by atoms with Crippen molar-refractivity contribution in [3.05, 3.63) is 0 Å². The van der Waals surface area contributed by atoms with Crippen molar-refractivity contribution in [1.29, 1.82) is 0 Å². The van der Waals surface area contributed by atoms with Crippen molar-refractivity contribution >= 4 is 6.09 Å². The molecule has 3 N–H and O–H groups in total. The van der Waals surface area contributed by atoms with Gasteiger partial charge in [0.1, 0.15) is 5.60 Å². The molecule has 1 aliphatic heterocycles. The molecule has 0 spiro atoms. The van der Waals surface area contributed by atoms with Crippen molar-refractivity contribution < 1.29 is 14.6 Å². The van der Waals surface area contributed by atoms with E-state index in [1.807, 2.05) is 20.8 Å². The highest BCUT2D eigenvalue weighted by atomic mass is 16.6. The first-order valence-corrected chi connectivity index (χ1v) is 8.67. The van der Waals surface area contributed by atoms with Gasteiger partial charge in [0.05, 0.1) is 12.1 Å². The first-order chi connectivity index (χ1) is 10.2. The molecule has 1 heterocycles. The van der Waals surface area contributed by atoms with Gasteiger partial charge in [-0.05, 0) is 52.4 Å². The van der Waals surface area contributed by atoms with E-state index >= 15 is 0 Å². The number of likely N-dealkylation sites (tertiary alicyclic amines) is 1. The maximum Gasteiger partial charge on any atom is 0.410 e. The Hall–Kier alpha value is -0.810. The Labute approximate surface area is 134 Å². The minimum absolute atomic E-state index is 0.252. The highest BCUT2D eigenvalue weighted by molar-refractivity contribution is 5.68. The largest absolute Gasteiger partial charge is 0.444 e. The molecule has 2 unspecified atom stereocenters. The van der Waals surface area contributed by atoms with Gasteiger partial charge in [-0.1, -0.05) is 19.3 Å². The summed E-state index contributed by atoms with van der Waals surface area (Å²) in [4.78, 5) is 13.9. The molecule has 1 aliphatic carbocycles. The lowest BCUT2D eigenvalue weighted by molar-refractivity contribution is -0.0699. The van der Waals surface area contributed by atoms with Gasteiger partial charge in [0.2, 0.25) is 0 Å². The number of piperidine rings is 1. The lowest BCUT2D eigenvalue weighted by Gasteiger charge is -2.45. The molecule has 5 nitrogen and oxygen atoms in total. The Morgan fingerprint density at radius 2 is 1.91 bits per heavy atom. The summed E-state index contributed by atoms with van der Waals surface area (Å²) in [6.45, 7) is 6.49. The molecule has 22 heavy (non-hydrogen) atoms.